The molecular weight excluding hydrogens is 560 g/mol. The fourth-order valence-corrected chi connectivity index (χ4v) is 6.26. The van der Waals surface area contributed by atoms with Gasteiger partial charge in [0.1, 0.15) is 18.1 Å². The molecule has 1 N–H and O–H groups in total. The summed E-state index contributed by atoms with van der Waals surface area (Å²) in [6.45, 7) is 9.37. The number of fused-ring (bicyclic) bond motifs is 1. The van der Waals surface area contributed by atoms with Crippen LogP contribution in [0.1, 0.15) is 58.7 Å². The number of hydrogen-bond donors (Lipinski definition) is 1. The zero-order chi connectivity index (χ0) is 27.4. The van der Waals surface area contributed by atoms with Gasteiger partial charge < -0.3 is 14.9 Å². The minimum atomic E-state index is -0.397. The summed E-state index contributed by atoms with van der Waals surface area (Å²) in [4.78, 5) is 39.3. The molecule has 10 heteroatoms. The molecule has 1 aromatic heterocycles. The lowest BCUT2D eigenvalue weighted by atomic mass is 9.94. The highest BCUT2D eigenvalue weighted by atomic mass is 79.9. The van der Waals surface area contributed by atoms with Gasteiger partial charge in [0, 0.05) is 42.5 Å². The number of phenols is 1. The van der Waals surface area contributed by atoms with Crippen LogP contribution in [0.4, 0.5) is 0 Å². The first-order valence-corrected chi connectivity index (χ1v) is 13.9. The van der Waals surface area contributed by atoms with Gasteiger partial charge in [-0.3, -0.25) is 19.6 Å². The Kier molecular flexibility index (Phi) is 6.37. The number of aromatic hydroxyl groups is 1. The molecule has 0 fully saturated rings. The molecule has 200 valence electrons. The van der Waals surface area contributed by atoms with Crippen LogP contribution in [0, 0.1) is 0 Å². The minimum Gasteiger partial charge on any atom is -0.506 e. The normalized spacial score (nSPS) is 17.7. The summed E-state index contributed by atoms with van der Waals surface area (Å²) in [5.41, 5.74) is 4.91. The fourth-order valence-electron chi connectivity index (χ4n) is 5.81. The molecule has 2 aromatic carbocycles. The van der Waals surface area contributed by atoms with Gasteiger partial charge in [0.15, 0.2) is 0 Å². The van der Waals surface area contributed by atoms with E-state index < -0.39 is 6.04 Å². The van der Waals surface area contributed by atoms with Crippen LogP contribution in [0.15, 0.2) is 57.4 Å². The third kappa shape index (κ3) is 4.17. The Morgan fingerprint density at radius 1 is 1.13 bits per heavy atom. The molecule has 3 aliphatic heterocycles. The molecule has 6 rings (SSSR count). The van der Waals surface area contributed by atoms with Crippen LogP contribution in [0.5, 0.6) is 5.75 Å². The molecular formula is C29H29BrN6O3. The maximum absolute atomic E-state index is 14.1. The maximum atomic E-state index is 14.1. The number of phenolic OH excluding ortho intramolecular Hbond substituents is 1. The van der Waals surface area contributed by atoms with Crippen molar-refractivity contribution in [2.24, 2.45) is 9.98 Å². The number of carbonyl (C=O) groups is 2. The van der Waals surface area contributed by atoms with Gasteiger partial charge in [-0.1, -0.05) is 26.5 Å². The first kappa shape index (κ1) is 25.5. The van der Waals surface area contributed by atoms with Crippen LogP contribution in [0.25, 0.3) is 5.69 Å². The Hall–Kier alpha value is -3.79. The average Bonchev–Trinajstić information content (AvgIpc) is 3.51. The second-order valence-electron chi connectivity index (χ2n) is 10.4. The number of amides is 2. The van der Waals surface area contributed by atoms with E-state index in [4.69, 9.17) is 5.10 Å². The van der Waals surface area contributed by atoms with Crippen LogP contribution in [0.2, 0.25) is 0 Å². The predicted octanol–water partition coefficient (Wildman–Crippen LogP) is 2.98. The molecule has 3 aliphatic rings. The molecule has 3 aromatic rings. The van der Waals surface area contributed by atoms with Crippen molar-refractivity contribution in [2.45, 2.75) is 38.6 Å². The summed E-state index contributed by atoms with van der Waals surface area (Å²) >= 11 is 3.51. The molecule has 9 nitrogen and oxygen atoms in total. The standard InChI is InChI=1S/C29H29BrN6O3/c1-4-25(38)34-11-9-20-26-22(36(33-20)21-8-5-17(16(2)3)13-24(21)37)10-12-35(23(26)14-34)29(39)18-6-7-19(30)28-27(18)31-15-32-28/h4-8,13,16,23,37H,1,9-12,14-15H2,2-3H3. The molecule has 0 saturated carbocycles. The van der Waals surface area contributed by atoms with E-state index in [-0.39, 0.29) is 23.5 Å². The third-order valence-corrected chi connectivity index (χ3v) is 8.48. The first-order valence-electron chi connectivity index (χ1n) is 13.1. The van der Waals surface area contributed by atoms with E-state index >= 15 is 0 Å². The monoisotopic (exact) mass is 588 g/mol. The third-order valence-electron chi connectivity index (χ3n) is 7.84. The Morgan fingerprint density at radius 2 is 1.92 bits per heavy atom. The van der Waals surface area contributed by atoms with Crippen molar-refractivity contribution in [1.82, 2.24) is 19.6 Å². The highest BCUT2D eigenvalue weighted by molar-refractivity contribution is 9.10. The highest BCUT2D eigenvalue weighted by Crippen LogP contribution is 2.39. The van der Waals surface area contributed by atoms with Gasteiger partial charge in [0.25, 0.3) is 5.91 Å². The van der Waals surface area contributed by atoms with Gasteiger partial charge in [-0.25, -0.2) is 4.68 Å². The van der Waals surface area contributed by atoms with Crippen LogP contribution in [-0.2, 0) is 17.6 Å². The van der Waals surface area contributed by atoms with Crippen LogP contribution < -0.4 is 10.7 Å². The van der Waals surface area contributed by atoms with Gasteiger partial charge in [-0.15, -0.1) is 0 Å². The Bertz CT molecular complexity index is 1660. The molecule has 1 unspecified atom stereocenters. The van der Waals surface area contributed by atoms with E-state index in [1.807, 2.05) is 27.8 Å². The van der Waals surface area contributed by atoms with Crippen molar-refractivity contribution in [3.63, 3.8) is 0 Å². The Morgan fingerprint density at radius 3 is 2.67 bits per heavy atom. The fraction of sp³-hybridized carbons (Fsp3) is 0.345. The number of hydrogen-bond acceptors (Lipinski definition) is 6. The SMILES string of the molecule is C=CC(=O)N1CCc2nn(-c3ccc(C(C)C)cc3O)c3c2C(C1)N(C(=O)c1ccc(Br)c2c1=NCN=2)CC3. The number of benzene rings is 2. The number of nitrogens with zero attached hydrogens (tertiary/aromatic N) is 6. The van der Waals surface area contributed by atoms with E-state index in [1.165, 1.54) is 6.08 Å². The Balaban J connectivity index is 1.46. The highest BCUT2D eigenvalue weighted by Gasteiger charge is 2.40. The smallest absolute Gasteiger partial charge is 0.256 e. The van der Waals surface area contributed by atoms with E-state index in [0.717, 1.165) is 27.0 Å². The van der Waals surface area contributed by atoms with E-state index in [9.17, 15) is 14.7 Å². The van der Waals surface area contributed by atoms with Gasteiger partial charge in [-0.05, 0) is 57.8 Å². The zero-order valence-corrected chi connectivity index (χ0v) is 23.5. The summed E-state index contributed by atoms with van der Waals surface area (Å²) in [6, 6.07) is 8.94. The predicted molar refractivity (Wildman–Crippen MR) is 149 cm³/mol. The number of carbonyl (C=O) groups excluding carboxylic acids is 2. The Labute approximate surface area is 234 Å². The van der Waals surface area contributed by atoms with Crippen molar-refractivity contribution in [3.05, 3.63) is 86.3 Å². The molecule has 0 bridgehead atoms. The zero-order valence-electron chi connectivity index (χ0n) is 21.9. The van der Waals surface area contributed by atoms with Crippen molar-refractivity contribution in [3.8, 4) is 11.4 Å². The lowest BCUT2D eigenvalue weighted by Crippen LogP contribution is -2.47. The molecule has 0 saturated heterocycles. The van der Waals surface area contributed by atoms with Crippen LogP contribution in [-0.4, -0.2) is 62.8 Å². The lowest BCUT2D eigenvalue weighted by molar-refractivity contribution is -0.126. The number of halogens is 1. The maximum Gasteiger partial charge on any atom is 0.256 e. The molecule has 0 aliphatic carbocycles. The largest absolute Gasteiger partial charge is 0.506 e. The van der Waals surface area contributed by atoms with E-state index in [1.54, 1.807) is 17.0 Å². The van der Waals surface area contributed by atoms with Crippen LogP contribution in [0.3, 0.4) is 0 Å². The summed E-state index contributed by atoms with van der Waals surface area (Å²) in [5.74, 6) is 0.137. The van der Waals surface area contributed by atoms with Crippen molar-refractivity contribution >= 4 is 27.7 Å². The van der Waals surface area contributed by atoms with Crippen molar-refractivity contribution < 1.29 is 14.7 Å². The molecule has 4 heterocycles. The summed E-state index contributed by atoms with van der Waals surface area (Å²) in [6.07, 6.45) is 2.42. The summed E-state index contributed by atoms with van der Waals surface area (Å²) in [7, 11) is 0. The summed E-state index contributed by atoms with van der Waals surface area (Å²) in [5, 5.41) is 17.2. The van der Waals surface area contributed by atoms with Crippen LogP contribution >= 0.6 is 15.9 Å². The second kappa shape index (κ2) is 9.75. The minimum absolute atomic E-state index is 0.147. The molecule has 1 atom stereocenters. The lowest BCUT2D eigenvalue weighted by Gasteiger charge is -2.37. The molecule has 0 spiro atoms. The van der Waals surface area contributed by atoms with E-state index in [2.05, 4.69) is 46.3 Å². The summed E-state index contributed by atoms with van der Waals surface area (Å²) < 4.78 is 2.63. The quantitative estimate of drug-likeness (QED) is 0.473. The van der Waals surface area contributed by atoms with Crippen molar-refractivity contribution in [1.29, 1.82) is 0 Å². The van der Waals surface area contributed by atoms with Gasteiger partial charge in [0.05, 0.1) is 33.7 Å². The van der Waals surface area contributed by atoms with Gasteiger partial charge in [-0.2, -0.15) is 5.10 Å². The van der Waals surface area contributed by atoms with E-state index in [0.29, 0.717) is 61.1 Å². The first-order chi connectivity index (χ1) is 18.8. The number of rotatable bonds is 4. The number of aromatic nitrogens is 2. The molecule has 39 heavy (non-hydrogen) atoms. The topological polar surface area (TPSA) is 103 Å². The van der Waals surface area contributed by atoms with Crippen molar-refractivity contribution in [2.75, 3.05) is 26.3 Å². The van der Waals surface area contributed by atoms with Gasteiger partial charge in [0.2, 0.25) is 5.91 Å². The molecule has 0 radical (unpaired) electrons. The molecule has 2 amide bonds. The average molecular weight is 589 g/mol. The second-order valence-corrected chi connectivity index (χ2v) is 11.2. The van der Waals surface area contributed by atoms with Gasteiger partial charge >= 0.3 is 0 Å².